The van der Waals surface area contributed by atoms with Crippen LogP contribution in [0.4, 0.5) is 0 Å². The molecular formula is C25H31N3O3S2. The first kappa shape index (κ1) is 24.0. The molecule has 2 aromatic carbocycles. The van der Waals surface area contributed by atoms with E-state index in [0.717, 1.165) is 27.6 Å². The second-order valence-corrected chi connectivity index (χ2v) is 12.2. The molecule has 0 aliphatic carbocycles. The molecule has 0 bridgehead atoms. The molecule has 8 heteroatoms. The van der Waals surface area contributed by atoms with Crippen LogP contribution in [0.5, 0.6) is 5.75 Å². The summed E-state index contributed by atoms with van der Waals surface area (Å²) < 4.78 is 33.3. The summed E-state index contributed by atoms with van der Waals surface area (Å²) in [5, 5.41) is 0.897. The van der Waals surface area contributed by atoms with Crippen molar-refractivity contribution in [2.75, 3.05) is 26.5 Å². The fourth-order valence-corrected chi connectivity index (χ4v) is 6.25. The monoisotopic (exact) mass is 485 g/mol. The third-order valence-electron chi connectivity index (χ3n) is 6.27. The molecule has 2 aliphatic heterocycles. The van der Waals surface area contributed by atoms with E-state index >= 15 is 0 Å². The highest BCUT2D eigenvalue weighted by Crippen LogP contribution is 2.37. The van der Waals surface area contributed by atoms with Gasteiger partial charge in [0.25, 0.3) is 0 Å². The molecule has 0 amide bonds. The van der Waals surface area contributed by atoms with Gasteiger partial charge in [-0.05, 0) is 53.6 Å². The minimum Gasteiger partial charge on any atom is -0.497 e. The van der Waals surface area contributed by atoms with Gasteiger partial charge in [0.1, 0.15) is 10.8 Å². The molecule has 1 spiro atoms. The van der Waals surface area contributed by atoms with Gasteiger partial charge < -0.3 is 4.74 Å². The van der Waals surface area contributed by atoms with Gasteiger partial charge in [-0.15, -0.1) is 11.8 Å². The van der Waals surface area contributed by atoms with Crippen molar-refractivity contribution >= 4 is 32.5 Å². The summed E-state index contributed by atoms with van der Waals surface area (Å²) in [7, 11) is -1.90. The Kier molecular flexibility index (Phi) is 6.46. The topological polar surface area (TPSA) is 71.3 Å². The molecule has 2 aliphatic rings. The zero-order chi connectivity index (χ0) is 23.9. The summed E-state index contributed by atoms with van der Waals surface area (Å²) in [4.78, 5) is 10.3. The Balaban J connectivity index is 1.52. The molecule has 0 unspecified atom stereocenters. The molecule has 1 fully saturated rings. The van der Waals surface area contributed by atoms with E-state index in [4.69, 9.17) is 14.7 Å². The predicted molar refractivity (Wildman–Crippen MR) is 136 cm³/mol. The third-order valence-corrected chi connectivity index (χ3v) is 8.85. The van der Waals surface area contributed by atoms with Crippen LogP contribution in [0, 0.1) is 0 Å². The summed E-state index contributed by atoms with van der Waals surface area (Å²) in [6.45, 7) is 7.15. The van der Waals surface area contributed by atoms with Gasteiger partial charge in [0, 0.05) is 31.5 Å². The molecule has 0 radical (unpaired) electrons. The highest BCUT2D eigenvalue weighted by atomic mass is 32.2. The quantitative estimate of drug-likeness (QED) is 0.627. The maximum Gasteiger partial charge on any atom is 0.243 e. The Morgan fingerprint density at radius 2 is 1.58 bits per heavy atom. The Labute approximate surface area is 201 Å². The van der Waals surface area contributed by atoms with Gasteiger partial charge in [0.2, 0.25) is 10.0 Å². The number of sulfonamides is 1. The average molecular weight is 486 g/mol. The first-order valence-electron chi connectivity index (χ1n) is 11.1. The van der Waals surface area contributed by atoms with Crippen LogP contribution in [-0.2, 0) is 15.4 Å². The molecular weight excluding hydrogens is 454 g/mol. The minimum absolute atomic E-state index is 0.0190. The lowest BCUT2D eigenvalue weighted by Crippen LogP contribution is -2.44. The number of nitrogens with zero attached hydrogens (tertiary/aromatic N) is 3. The van der Waals surface area contributed by atoms with E-state index in [2.05, 4.69) is 20.8 Å². The molecule has 0 atom stereocenters. The van der Waals surface area contributed by atoms with Crippen molar-refractivity contribution in [2.24, 2.45) is 9.98 Å². The lowest BCUT2D eigenvalue weighted by atomic mass is 9.87. The van der Waals surface area contributed by atoms with Gasteiger partial charge in [-0.25, -0.2) is 13.4 Å². The van der Waals surface area contributed by atoms with Crippen LogP contribution in [0.3, 0.4) is 0 Å². The van der Waals surface area contributed by atoms with Gasteiger partial charge in [0.15, 0.2) is 5.66 Å². The zero-order valence-electron chi connectivity index (χ0n) is 19.8. The second-order valence-electron chi connectivity index (χ2n) is 9.47. The summed E-state index contributed by atoms with van der Waals surface area (Å²) in [5.41, 5.74) is 2.38. The van der Waals surface area contributed by atoms with Crippen LogP contribution in [0.1, 0.15) is 44.7 Å². The molecule has 0 aromatic heterocycles. The Morgan fingerprint density at radius 1 is 0.970 bits per heavy atom. The maximum absolute atomic E-state index is 13.3. The maximum atomic E-state index is 13.3. The number of piperidine rings is 1. The summed E-state index contributed by atoms with van der Waals surface area (Å²) in [6.07, 6.45) is 3.13. The summed E-state index contributed by atoms with van der Waals surface area (Å²) in [5.74, 6) is 0.795. The largest absolute Gasteiger partial charge is 0.497 e. The molecule has 1 saturated heterocycles. The lowest BCUT2D eigenvalue weighted by molar-refractivity contribution is 0.249. The second kappa shape index (κ2) is 8.89. The van der Waals surface area contributed by atoms with Crippen LogP contribution in [0.15, 0.2) is 63.4 Å². The highest BCUT2D eigenvalue weighted by molar-refractivity contribution is 8.15. The highest BCUT2D eigenvalue weighted by Gasteiger charge is 2.42. The first-order chi connectivity index (χ1) is 15.6. The van der Waals surface area contributed by atoms with E-state index in [0.29, 0.717) is 30.8 Å². The summed E-state index contributed by atoms with van der Waals surface area (Å²) >= 11 is 1.58. The fraction of sp³-hybridized carbons (Fsp3) is 0.440. The molecule has 176 valence electrons. The van der Waals surface area contributed by atoms with Crippen molar-refractivity contribution in [3.63, 3.8) is 0 Å². The van der Waals surface area contributed by atoms with Gasteiger partial charge in [-0.3, -0.25) is 4.99 Å². The van der Waals surface area contributed by atoms with Crippen molar-refractivity contribution in [1.29, 1.82) is 0 Å². The molecule has 2 heterocycles. The van der Waals surface area contributed by atoms with Crippen LogP contribution < -0.4 is 4.74 Å². The number of hydrogen-bond donors (Lipinski definition) is 0. The first-order valence-corrected chi connectivity index (χ1v) is 13.7. The van der Waals surface area contributed by atoms with Gasteiger partial charge >= 0.3 is 0 Å². The third kappa shape index (κ3) is 4.74. The molecule has 33 heavy (non-hydrogen) atoms. The van der Waals surface area contributed by atoms with Crippen LogP contribution in [0.2, 0.25) is 0 Å². The molecule has 0 saturated carbocycles. The predicted octanol–water partition coefficient (Wildman–Crippen LogP) is 4.74. The standard InChI is InChI=1S/C25H31N3O3S2/c1-24(2,3)19-8-12-21(13-9-19)33(29,30)28-16-14-25(15-17-28)26-22(23(27-25)32-5)18-6-10-20(31-4)11-7-18/h6-13H,14-17H2,1-5H3. The van der Waals surface area contributed by atoms with E-state index in [9.17, 15) is 8.42 Å². The van der Waals surface area contributed by atoms with E-state index in [1.54, 1.807) is 35.3 Å². The number of rotatable bonds is 4. The number of methoxy groups -OCH3 is 1. The Bertz CT molecular complexity index is 1170. The van der Waals surface area contributed by atoms with E-state index in [1.165, 1.54) is 0 Å². The lowest BCUT2D eigenvalue weighted by Gasteiger charge is -2.34. The molecule has 2 aromatic rings. The van der Waals surface area contributed by atoms with E-state index in [-0.39, 0.29) is 5.41 Å². The van der Waals surface area contributed by atoms with Crippen molar-refractivity contribution < 1.29 is 13.2 Å². The SMILES string of the molecule is COc1ccc(C2=NC3(CCN(S(=O)(=O)c4ccc(C(C)(C)C)cc4)CC3)N=C2SC)cc1. The zero-order valence-corrected chi connectivity index (χ0v) is 21.5. The number of ether oxygens (including phenoxy) is 1. The molecule has 0 N–H and O–H groups in total. The van der Waals surface area contributed by atoms with Crippen LogP contribution in [0.25, 0.3) is 0 Å². The Hall–Kier alpha value is -2.16. The molecule has 4 rings (SSSR count). The van der Waals surface area contributed by atoms with Crippen molar-refractivity contribution in [3.05, 3.63) is 59.7 Å². The van der Waals surface area contributed by atoms with Crippen molar-refractivity contribution in [2.45, 2.75) is 49.6 Å². The van der Waals surface area contributed by atoms with E-state index < -0.39 is 15.7 Å². The smallest absolute Gasteiger partial charge is 0.243 e. The van der Waals surface area contributed by atoms with Gasteiger partial charge in [-0.1, -0.05) is 32.9 Å². The number of hydrogen-bond acceptors (Lipinski definition) is 6. The Morgan fingerprint density at radius 3 is 2.09 bits per heavy atom. The average Bonchev–Trinajstić information content (AvgIpc) is 3.17. The number of benzene rings is 2. The van der Waals surface area contributed by atoms with Crippen molar-refractivity contribution in [3.8, 4) is 5.75 Å². The van der Waals surface area contributed by atoms with Crippen molar-refractivity contribution in [1.82, 2.24) is 4.31 Å². The number of thioether (sulfide) groups is 1. The number of aliphatic imine (C=N–C) groups is 2. The van der Waals surface area contributed by atoms with Crippen LogP contribution in [-0.4, -0.2) is 55.6 Å². The summed E-state index contributed by atoms with van der Waals surface area (Å²) in [6, 6.07) is 15.1. The van der Waals surface area contributed by atoms with Gasteiger partial charge in [0.05, 0.1) is 17.7 Å². The fourth-order valence-electron chi connectivity index (χ4n) is 4.19. The van der Waals surface area contributed by atoms with Crippen LogP contribution >= 0.6 is 11.8 Å². The van der Waals surface area contributed by atoms with E-state index in [1.807, 2.05) is 42.7 Å². The molecule has 6 nitrogen and oxygen atoms in total. The normalized spacial score (nSPS) is 18.8. The minimum atomic E-state index is -3.55. The van der Waals surface area contributed by atoms with Gasteiger partial charge in [-0.2, -0.15) is 4.31 Å².